The van der Waals surface area contributed by atoms with Crippen molar-refractivity contribution in [1.29, 1.82) is 0 Å². The van der Waals surface area contributed by atoms with E-state index in [4.69, 9.17) is 11.6 Å². The number of rotatable bonds is 9. The van der Waals surface area contributed by atoms with Crippen LogP contribution in [-0.2, 0) is 0 Å². The molecule has 1 radical (unpaired) electrons. The Bertz CT molecular complexity index is 108. The van der Waals surface area contributed by atoms with Crippen molar-refractivity contribution in [2.24, 2.45) is 0 Å². The molecule has 0 atom stereocenters. The Morgan fingerprint density at radius 2 is 1.54 bits per heavy atom. The summed E-state index contributed by atoms with van der Waals surface area (Å²) < 4.78 is 0. The maximum Gasteiger partial charge on any atom is 0.0715 e. The summed E-state index contributed by atoms with van der Waals surface area (Å²) in [5.41, 5.74) is 0. The van der Waals surface area contributed by atoms with Crippen LogP contribution >= 0.6 is 11.6 Å². The van der Waals surface area contributed by atoms with Crippen LogP contribution in [0.1, 0.15) is 58.3 Å². The van der Waals surface area contributed by atoms with Crippen molar-refractivity contribution >= 4 is 11.6 Å². The zero-order chi connectivity index (χ0) is 9.78. The summed E-state index contributed by atoms with van der Waals surface area (Å²) in [4.78, 5) is 0. The summed E-state index contributed by atoms with van der Waals surface area (Å²) in [6.45, 7) is 2.26. The molecule has 0 amide bonds. The van der Waals surface area contributed by atoms with Crippen molar-refractivity contribution in [1.82, 2.24) is 0 Å². The second-order valence-corrected chi connectivity index (χ2v) is 3.72. The minimum absolute atomic E-state index is 1.18. The van der Waals surface area contributed by atoms with Gasteiger partial charge in [0.15, 0.2) is 0 Å². The van der Waals surface area contributed by atoms with Crippen molar-refractivity contribution in [3.63, 3.8) is 0 Å². The third-order valence-corrected chi connectivity index (χ3v) is 2.33. The molecule has 0 aromatic rings. The number of hydrogen-bond donors (Lipinski definition) is 0. The van der Waals surface area contributed by atoms with Crippen LogP contribution in [0.3, 0.4) is 0 Å². The Morgan fingerprint density at radius 1 is 0.923 bits per heavy atom. The molecule has 0 heterocycles. The van der Waals surface area contributed by atoms with Gasteiger partial charge in [-0.05, 0) is 12.8 Å². The molecule has 0 aliphatic carbocycles. The second-order valence-electron chi connectivity index (χ2n) is 3.46. The van der Waals surface area contributed by atoms with E-state index in [0.717, 1.165) is 0 Å². The molecule has 0 fully saturated rings. The third kappa shape index (κ3) is 12.0. The van der Waals surface area contributed by atoms with Crippen LogP contribution in [-0.4, -0.2) is 0 Å². The molecule has 0 aliphatic heterocycles. The monoisotopic (exact) mass is 201 g/mol. The molecule has 0 rings (SSSR count). The van der Waals surface area contributed by atoms with Crippen LogP contribution < -0.4 is 0 Å². The van der Waals surface area contributed by atoms with Gasteiger partial charge in [0.2, 0.25) is 0 Å². The lowest BCUT2D eigenvalue weighted by Crippen LogP contribution is -1.78. The van der Waals surface area contributed by atoms with Crippen molar-refractivity contribution in [3.8, 4) is 0 Å². The van der Waals surface area contributed by atoms with Crippen LogP contribution in [0, 0.1) is 5.88 Å². The summed E-state index contributed by atoms with van der Waals surface area (Å²) in [6.07, 6.45) is 14.9. The molecule has 0 bridgehead atoms. The van der Waals surface area contributed by atoms with Gasteiger partial charge in [0, 0.05) is 0 Å². The third-order valence-electron chi connectivity index (χ3n) is 2.18. The molecular weight excluding hydrogens is 180 g/mol. The molecule has 13 heavy (non-hydrogen) atoms. The SMILES string of the molecule is CCCCCCCCCC=C[CH]Cl. The topological polar surface area (TPSA) is 0 Å². The van der Waals surface area contributed by atoms with Crippen LogP contribution in [0.15, 0.2) is 12.2 Å². The fourth-order valence-corrected chi connectivity index (χ4v) is 1.47. The van der Waals surface area contributed by atoms with E-state index in [1.165, 1.54) is 51.4 Å². The lowest BCUT2D eigenvalue weighted by molar-refractivity contribution is 0.592. The van der Waals surface area contributed by atoms with Gasteiger partial charge in [-0.2, -0.15) is 0 Å². The molecule has 0 N–H and O–H groups in total. The lowest BCUT2D eigenvalue weighted by atomic mass is 10.1. The van der Waals surface area contributed by atoms with Crippen LogP contribution in [0.2, 0.25) is 0 Å². The number of allylic oxidation sites excluding steroid dienone is 2. The fraction of sp³-hybridized carbons (Fsp3) is 0.750. The zero-order valence-corrected chi connectivity index (χ0v) is 9.52. The largest absolute Gasteiger partial charge is 0.117 e. The van der Waals surface area contributed by atoms with Crippen molar-refractivity contribution < 1.29 is 0 Å². The van der Waals surface area contributed by atoms with Crippen molar-refractivity contribution in [2.45, 2.75) is 58.3 Å². The Kier molecular flexibility index (Phi) is 12.1. The van der Waals surface area contributed by atoms with Crippen LogP contribution in [0.4, 0.5) is 0 Å². The van der Waals surface area contributed by atoms with Gasteiger partial charge >= 0.3 is 0 Å². The van der Waals surface area contributed by atoms with Gasteiger partial charge in [-0.1, -0.05) is 57.6 Å². The lowest BCUT2D eigenvalue weighted by Gasteiger charge is -1.98. The average molecular weight is 202 g/mol. The molecule has 0 aromatic carbocycles. The fourth-order valence-electron chi connectivity index (χ4n) is 1.37. The van der Waals surface area contributed by atoms with Gasteiger partial charge in [-0.3, -0.25) is 0 Å². The van der Waals surface area contributed by atoms with E-state index in [1.54, 1.807) is 5.88 Å². The van der Waals surface area contributed by atoms with E-state index in [-0.39, 0.29) is 0 Å². The number of hydrogen-bond acceptors (Lipinski definition) is 0. The Morgan fingerprint density at radius 3 is 2.15 bits per heavy atom. The molecule has 0 saturated carbocycles. The molecule has 0 saturated heterocycles. The predicted molar refractivity (Wildman–Crippen MR) is 61.9 cm³/mol. The number of halogens is 1. The predicted octanol–water partition coefficient (Wildman–Crippen LogP) is 5.08. The molecule has 0 nitrogen and oxygen atoms in total. The molecule has 77 valence electrons. The first kappa shape index (κ1) is 13.0. The normalized spacial score (nSPS) is 11.2. The minimum Gasteiger partial charge on any atom is -0.117 e. The maximum absolute atomic E-state index is 5.39. The van der Waals surface area contributed by atoms with E-state index in [2.05, 4.69) is 13.0 Å². The van der Waals surface area contributed by atoms with E-state index < -0.39 is 0 Å². The van der Waals surface area contributed by atoms with Gasteiger partial charge in [-0.15, -0.1) is 11.6 Å². The smallest absolute Gasteiger partial charge is 0.0715 e. The summed E-state index contributed by atoms with van der Waals surface area (Å²) in [7, 11) is 0. The maximum atomic E-state index is 5.39. The Hall–Kier alpha value is 0.0300. The molecule has 0 aromatic heterocycles. The summed E-state index contributed by atoms with van der Waals surface area (Å²) >= 11 is 5.39. The first-order valence-corrected chi connectivity index (χ1v) is 5.94. The highest BCUT2D eigenvalue weighted by atomic mass is 35.5. The van der Waals surface area contributed by atoms with E-state index in [1.807, 2.05) is 6.08 Å². The minimum atomic E-state index is 1.18. The highest BCUT2D eigenvalue weighted by Crippen LogP contribution is 2.08. The van der Waals surface area contributed by atoms with Gasteiger partial charge in [0.05, 0.1) is 5.88 Å². The van der Waals surface area contributed by atoms with Crippen LogP contribution in [0.25, 0.3) is 0 Å². The standard InChI is InChI=1S/C12H22Cl/c1-2-3-4-5-6-7-8-9-10-11-12-13/h10-12H,2-9H2,1H3. The summed E-state index contributed by atoms with van der Waals surface area (Å²) in [5.74, 6) is 1.57. The van der Waals surface area contributed by atoms with Crippen molar-refractivity contribution in [3.05, 3.63) is 18.0 Å². The molecular formula is C12H22Cl. The summed E-state index contributed by atoms with van der Waals surface area (Å²) in [5, 5.41) is 0. The number of unbranched alkanes of at least 4 members (excludes halogenated alkanes) is 7. The van der Waals surface area contributed by atoms with Gasteiger partial charge < -0.3 is 0 Å². The second kappa shape index (κ2) is 12.0. The van der Waals surface area contributed by atoms with Crippen molar-refractivity contribution in [2.75, 3.05) is 0 Å². The average Bonchev–Trinajstić information content (AvgIpc) is 2.16. The van der Waals surface area contributed by atoms with E-state index in [9.17, 15) is 0 Å². The molecule has 1 heteroatoms. The first-order valence-electron chi connectivity index (χ1n) is 5.50. The molecule has 0 unspecified atom stereocenters. The van der Waals surface area contributed by atoms with Gasteiger partial charge in [0.25, 0.3) is 0 Å². The highest BCUT2D eigenvalue weighted by molar-refractivity contribution is 6.24. The van der Waals surface area contributed by atoms with E-state index in [0.29, 0.717) is 0 Å². The Balaban J connectivity index is 2.87. The van der Waals surface area contributed by atoms with Crippen LogP contribution in [0.5, 0.6) is 0 Å². The summed E-state index contributed by atoms with van der Waals surface area (Å²) in [6, 6.07) is 0. The first-order chi connectivity index (χ1) is 6.41. The zero-order valence-electron chi connectivity index (χ0n) is 8.77. The van der Waals surface area contributed by atoms with E-state index >= 15 is 0 Å². The van der Waals surface area contributed by atoms with Gasteiger partial charge in [-0.25, -0.2) is 0 Å². The molecule has 0 aliphatic rings. The Labute approximate surface area is 88.4 Å². The quantitative estimate of drug-likeness (QED) is 0.456. The van der Waals surface area contributed by atoms with Gasteiger partial charge in [0.1, 0.15) is 0 Å². The highest BCUT2D eigenvalue weighted by Gasteiger charge is 1.88. The molecule has 0 spiro atoms.